The van der Waals surface area contributed by atoms with Crippen LogP contribution >= 0.6 is 23.4 Å². The van der Waals surface area contributed by atoms with Gasteiger partial charge in [-0.05, 0) is 66.1 Å². The largest absolute Gasteiger partial charge is 0.416 e. The Morgan fingerprint density at radius 3 is 2.59 bits per heavy atom. The van der Waals surface area contributed by atoms with E-state index < -0.39 is 11.7 Å². The smallest absolute Gasteiger partial charge is 0.348 e. The number of hydrogen-bond donors (Lipinski definition) is 0. The van der Waals surface area contributed by atoms with Gasteiger partial charge in [-0.1, -0.05) is 23.7 Å². The zero-order chi connectivity index (χ0) is 25.7. The van der Waals surface area contributed by atoms with E-state index in [0.717, 1.165) is 54.4 Å². The van der Waals surface area contributed by atoms with Gasteiger partial charge in [0.1, 0.15) is 0 Å². The molecule has 2 aliphatic heterocycles. The highest BCUT2D eigenvalue weighted by Crippen LogP contribution is 2.35. The summed E-state index contributed by atoms with van der Waals surface area (Å²) in [5.74, 6) is -0.247. The summed E-state index contributed by atoms with van der Waals surface area (Å²) >= 11 is 7.20. The number of benzene rings is 2. The summed E-state index contributed by atoms with van der Waals surface area (Å²) in [5, 5.41) is 5.87. The second-order valence-corrected chi connectivity index (χ2v) is 10.9. The third kappa shape index (κ3) is 5.15. The first kappa shape index (κ1) is 24.5. The molecule has 6 rings (SSSR count). The Bertz CT molecular complexity index is 1440. The Morgan fingerprint density at radius 1 is 1.08 bits per heavy atom. The quantitative estimate of drug-likeness (QED) is 0.405. The van der Waals surface area contributed by atoms with Crippen LogP contribution in [0.4, 0.5) is 13.2 Å². The van der Waals surface area contributed by atoms with Crippen molar-refractivity contribution in [3.8, 4) is 0 Å². The maximum Gasteiger partial charge on any atom is 0.416 e. The molecule has 6 nitrogen and oxygen atoms in total. The number of carbonyl (C=O) groups is 1. The Hall–Kier alpha value is -2.82. The van der Waals surface area contributed by atoms with Gasteiger partial charge in [0.15, 0.2) is 5.17 Å². The van der Waals surface area contributed by atoms with Crippen LogP contribution in [0, 0.1) is 0 Å². The summed E-state index contributed by atoms with van der Waals surface area (Å²) < 4.78 is 42.1. The van der Waals surface area contributed by atoms with Gasteiger partial charge in [0.2, 0.25) is 0 Å². The fourth-order valence-corrected chi connectivity index (χ4v) is 5.97. The van der Waals surface area contributed by atoms with Crippen LogP contribution in [0.2, 0.25) is 5.02 Å². The molecule has 1 amide bonds. The van der Waals surface area contributed by atoms with E-state index in [0.29, 0.717) is 10.4 Å². The number of halogens is 4. The number of carbonyl (C=O) groups excluding carboxylic acids is 1. The van der Waals surface area contributed by atoms with Crippen molar-refractivity contribution in [2.24, 2.45) is 4.99 Å². The van der Waals surface area contributed by atoms with Crippen LogP contribution in [0.3, 0.4) is 0 Å². The molecule has 2 aromatic carbocycles. The van der Waals surface area contributed by atoms with Gasteiger partial charge in [0.05, 0.1) is 28.7 Å². The number of aromatic nitrogens is 2. The molecule has 1 aliphatic carbocycles. The van der Waals surface area contributed by atoms with Crippen molar-refractivity contribution in [1.82, 2.24) is 19.6 Å². The van der Waals surface area contributed by atoms with Crippen LogP contribution < -0.4 is 0 Å². The van der Waals surface area contributed by atoms with E-state index in [-0.39, 0.29) is 23.0 Å². The number of hydrogen-bond acceptors (Lipinski definition) is 5. The predicted molar refractivity (Wildman–Crippen MR) is 139 cm³/mol. The van der Waals surface area contributed by atoms with E-state index in [1.165, 1.54) is 41.4 Å². The van der Waals surface area contributed by atoms with Crippen molar-refractivity contribution < 1.29 is 18.0 Å². The fourth-order valence-electron chi connectivity index (χ4n) is 4.84. The van der Waals surface area contributed by atoms with Crippen molar-refractivity contribution >= 4 is 51.4 Å². The van der Waals surface area contributed by atoms with Crippen molar-refractivity contribution in [3.63, 3.8) is 0 Å². The molecule has 1 saturated heterocycles. The zero-order valence-electron chi connectivity index (χ0n) is 19.7. The van der Waals surface area contributed by atoms with Crippen LogP contribution in [0.5, 0.6) is 0 Å². The Kier molecular flexibility index (Phi) is 6.29. The van der Waals surface area contributed by atoms with E-state index in [9.17, 15) is 18.0 Å². The number of fused-ring (bicyclic) bond motifs is 1. The highest BCUT2D eigenvalue weighted by molar-refractivity contribution is 8.18. The molecule has 11 heteroatoms. The SMILES string of the molecule is O=C1N=C(N2CCN(C3CC3)CC2)SC1=Cc1ccc2c(cnn2Cc2ccc(Cl)cc2C(F)(F)F)c1. The van der Waals surface area contributed by atoms with E-state index in [1.54, 1.807) is 12.3 Å². The van der Waals surface area contributed by atoms with E-state index >= 15 is 0 Å². The lowest BCUT2D eigenvalue weighted by Gasteiger charge is -2.35. The normalized spacial score (nSPS) is 20.3. The van der Waals surface area contributed by atoms with Crippen LogP contribution in [0.15, 0.2) is 52.5 Å². The van der Waals surface area contributed by atoms with Crippen molar-refractivity contribution in [2.75, 3.05) is 26.2 Å². The number of piperazine rings is 1. The first-order valence-electron chi connectivity index (χ1n) is 12.1. The molecular formula is C26H23ClF3N5OS. The van der Waals surface area contributed by atoms with Gasteiger partial charge in [0, 0.05) is 42.6 Å². The molecule has 0 N–H and O–H groups in total. The number of nitrogens with zero attached hydrogens (tertiary/aromatic N) is 5. The maximum absolute atomic E-state index is 13.5. The molecule has 1 aromatic heterocycles. The number of aliphatic imine (C=N–C) groups is 1. The minimum atomic E-state index is -4.51. The van der Waals surface area contributed by atoms with Gasteiger partial charge in [-0.15, -0.1) is 0 Å². The Balaban J connectivity index is 1.17. The van der Waals surface area contributed by atoms with E-state index in [1.807, 2.05) is 18.2 Å². The molecule has 0 atom stereocenters. The Labute approximate surface area is 220 Å². The van der Waals surface area contributed by atoms with Crippen LogP contribution in [-0.2, 0) is 17.5 Å². The molecular weight excluding hydrogens is 523 g/mol. The molecule has 1 saturated carbocycles. The van der Waals surface area contributed by atoms with Gasteiger partial charge in [-0.25, -0.2) is 0 Å². The standard InChI is InChI=1S/C26H23ClF3N5OS/c27-19-3-2-17(21(13-19)26(28,29)30)15-35-22-6-1-16(11-18(22)14-31-35)12-23-24(36)32-25(37-23)34-9-7-33(8-10-34)20-4-5-20/h1-3,6,11-14,20H,4-5,7-10,15H2. The highest BCUT2D eigenvalue weighted by atomic mass is 35.5. The van der Waals surface area contributed by atoms with Gasteiger partial charge < -0.3 is 4.90 Å². The van der Waals surface area contributed by atoms with Gasteiger partial charge in [-0.3, -0.25) is 14.4 Å². The number of rotatable bonds is 4. The van der Waals surface area contributed by atoms with Crippen molar-refractivity contribution in [2.45, 2.75) is 31.6 Å². The summed E-state index contributed by atoms with van der Waals surface area (Å²) in [6.07, 6.45) is 1.49. The third-order valence-electron chi connectivity index (χ3n) is 6.92. The zero-order valence-corrected chi connectivity index (χ0v) is 21.3. The summed E-state index contributed by atoms with van der Waals surface area (Å²) in [7, 11) is 0. The van der Waals surface area contributed by atoms with E-state index in [2.05, 4.69) is 19.9 Å². The second-order valence-electron chi connectivity index (χ2n) is 9.48. The van der Waals surface area contributed by atoms with Crippen molar-refractivity contribution in [3.05, 3.63) is 69.2 Å². The van der Waals surface area contributed by atoms with E-state index in [4.69, 9.17) is 11.6 Å². The lowest BCUT2D eigenvalue weighted by Crippen LogP contribution is -2.48. The van der Waals surface area contributed by atoms with Crippen LogP contribution in [0.25, 0.3) is 17.0 Å². The number of alkyl halides is 3. The molecule has 3 aliphatic rings. The molecule has 0 radical (unpaired) electrons. The van der Waals surface area contributed by atoms with Gasteiger partial charge in [-0.2, -0.15) is 23.3 Å². The first-order chi connectivity index (χ1) is 17.7. The summed E-state index contributed by atoms with van der Waals surface area (Å²) in [6.45, 7) is 3.70. The summed E-state index contributed by atoms with van der Waals surface area (Å²) in [5.41, 5.74) is 0.816. The molecule has 3 heterocycles. The lowest BCUT2D eigenvalue weighted by molar-refractivity contribution is -0.138. The Morgan fingerprint density at radius 2 is 1.86 bits per heavy atom. The van der Waals surface area contributed by atoms with Crippen LogP contribution in [-0.4, -0.2) is 62.9 Å². The molecule has 3 aromatic rings. The topological polar surface area (TPSA) is 53.7 Å². The minimum absolute atomic E-state index is 0.0334. The highest BCUT2D eigenvalue weighted by Gasteiger charge is 2.35. The second kappa shape index (κ2) is 9.49. The summed E-state index contributed by atoms with van der Waals surface area (Å²) in [4.78, 5) is 22.1. The molecule has 2 fully saturated rings. The maximum atomic E-state index is 13.5. The predicted octanol–water partition coefficient (Wildman–Crippen LogP) is 5.51. The number of amidine groups is 1. The minimum Gasteiger partial charge on any atom is -0.348 e. The molecule has 37 heavy (non-hydrogen) atoms. The fraction of sp³-hybridized carbons (Fsp3) is 0.346. The average molecular weight is 546 g/mol. The third-order valence-corrected chi connectivity index (χ3v) is 8.20. The van der Waals surface area contributed by atoms with Crippen LogP contribution in [0.1, 0.15) is 29.5 Å². The first-order valence-corrected chi connectivity index (χ1v) is 13.3. The molecule has 192 valence electrons. The number of thioether (sulfide) groups is 1. The monoisotopic (exact) mass is 545 g/mol. The number of amides is 1. The molecule has 0 unspecified atom stereocenters. The van der Waals surface area contributed by atoms with Gasteiger partial charge >= 0.3 is 6.18 Å². The van der Waals surface area contributed by atoms with Gasteiger partial charge in [0.25, 0.3) is 5.91 Å². The lowest BCUT2D eigenvalue weighted by atomic mass is 10.1. The molecule has 0 bridgehead atoms. The van der Waals surface area contributed by atoms with Crippen molar-refractivity contribution in [1.29, 1.82) is 0 Å². The average Bonchev–Trinajstić information content (AvgIpc) is 3.56. The molecule has 0 spiro atoms. The summed E-state index contributed by atoms with van der Waals surface area (Å²) in [6, 6.07) is 10.0.